The topological polar surface area (TPSA) is 54.3 Å². The summed E-state index contributed by atoms with van der Waals surface area (Å²) < 4.78 is 2.17. The molecule has 5 rings (SSSR count). The average Bonchev–Trinajstić information content (AvgIpc) is 3.13. The van der Waals surface area contributed by atoms with E-state index in [1.165, 1.54) is 12.8 Å². The fraction of sp³-hybridized carbons (Fsp3) is 0.609. The Balaban J connectivity index is 1.41. The zero-order valence-corrected chi connectivity index (χ0v) is 17.5. The van der Waals surface area contributed by atoms with Crippen LogP contribution in [0.1, 0.15) is 56.3 Å². The monoisotopic (exact) mass is 393 g/mol. The summed E-state index contributed by atoms with van der Waals surface area (Å²) >= 11 is 0. The molecule has 29 heavy (non-hydrogen) atoms. The maximum Gasteiger partial charge on any atom is 0.231 e. The first-order valence-corrected chi connectivity index (χ1v) is 11.0. The fourth-order valence-electron chi connectivity index (χ4n) is 5.19. The predicted octanol–water partition coefficient (Wildman–Crippen LogP) is 3.09. The highest BCUT2D eigenvalue weighted by molar-refractivity contribution is 5.86. The van der Waals surface area contributed by atoms with E-state index >= 15 is 0 Å². The van der Waals surface area contributed by atoms with Gasteiger partial charge in [0.25, 0.3) is 0 Å². The van der Waals surface area contributed by atoms with Crippen LogP contribution in [0.25, 0.3) is 0 Å². The van der Waals surface area contributed by atoms with E-state index in [0.717, 1.165) is 49.8 Å². The fourth-order valence-corrected chi connectivity index (χ4v) is 5.19. The number of imidazole rings is 1. The molecular weight excluding hydrogens is 362 g/mol. The van der Waals surface area contributed by atoms with E-state index in [9.17, 15) is 4.79 Å². The second-order valence-corrected chi connectivity index (χ2v) is 9.52. The van der Waals surface area contributed by atoms with Crippen LogP contribution in [0.3, 0.4) is 0 Å². The molecular formula is C23H31N5O. The first kappa shape index (κ1) is 18.8. The lowest BCUT2D eigenvalue weighted by Crippen LogP contribution is -2.39. The van der Waals surface area contributed by atoms with E-state index in [2.05, 4.69) is 39.4 Å². The molecule has 3 fully saturated rings. The summed E-state index contributed by atoms with van der Waals surface area (Å²) in [7, 11) is 0. The zero-order chi connectivity index (χ0) is 20.0. The van der Waals surface area contributed by atoms with Crippen LogP contribution in [0, 0.1) is 11.3 Å². The van der Waals surface area contributed by atoms with E-state index in [0.29, 0.717) is 18.5 Å². The van der Waals surface area contributed by atoms with Crippen molar-refractivity contribution in [3.8, 4) is 0 Å². The molecule has 154 valence electrons. The highest BCUT2D eigenvalue weighted by atomic mass is 16.2. The molecule has 1 amide bonds. The Morgan fingerprint density at radius 2 is 2.03 bits per heavy atom. The van der Waals surface area contributed by atoms with Gasteiger partial charge in [0.05, 0.1) is 17.4 Å². The summed E-state index contributed by atoms with van der Waals surface area (Å²) in [6.45, 7) is 8.84. The van der Waals surface area contributed by atoms with E-state index < -0.39 is 0 Å². The lowest BCUT2D eigenvalue weighted by molar-refractivity contribution is -0.136. The molecule has 0 aromatic carbocycles. The number of carbonyl (C=O) groups excluding carboxylic acids is 1. The number of nitrogens with zero attached hydrogens (tertiary/aromatic N) is 5. The van der Waals surface area contributed by atoms with E-state index in [4.69, 9.17) is 4.98 Å². The number of hydrogen-bond acceptors (Lipinski definition) is 4. The Morgan fingerprint density at radius 1 is 1.24 bits per heavy atom. The van der Waals surface area contributed by atoms with Crippen molar-refractivity contribution in [2.75, 3.05) is 26.2 Å². The number of rotatable bonds is 6. The molecule has 1 spiro atoms. The molecule has 2 atom stereocenters. The molecule has 2 saturated heterocycles. The number of aromatic nitrogens is 3. The molecule has 0 radical (unpaired) electrons. The Hall–Kier alpha value is -2.21. The van der Waals surface area contributed by atoms with Crippen LogP contribution in [0.2, 0.25) is 0 Å². The van der Waals surface area contributed by atoms with Crippen LogP contribution in [0.5, 0.6) is 0 Å². The SMILES string of the molecule is CC(C)n1cnc([C@@H]2CN(CC3CC3)C[C@@]23CCN(Cc2ccncc2)C3=O)c1. The van der Waals surface area contributed by atoms with Crippen molar-refractivity contribution in [2.45, 2.75) is 51.6 Å². The number of amides is 1. The van der Waals surface area contributed by atoms with Gasteiger partial charge in [-0.2, -0.15) is 0 Å². The van der Waals surface area contributed by atoms with E-state index in [-0.39, 0.29) is 11.3 Å². The van der Waals surface area contributed by atoms with Crippen molar-refractivity contribution in [3.63, 3.8) is 0 Å². The van der Waals surface area contributed by atoms with Gasteiger partial charge in [0.1, 0.15) is 0 Å². The van der Waals surface area contributed by atoms with Crippen LogP contribution in [-0.4, -0.2) is 56.4 Å². The third kappa shape index (κ3) is 3.48. The second kappa shape index (κ2) is 7.24. The van der Waals surface area contributed by atoms with Crippen molar-refractivity contribution >= 4 is 5.91 Å². The summed E-state index contributed by atoms with van der Waals surface area (Å²) in [5, 5.41) is 0. The van der Waals surface area contributed by atoms with Gasteiger partial charge in [-0.15, -0.1) is 0 Å². The molecule has 1 saturated carbocycles. The third-order valence-corrected chi connectivity index (χ3v) is 7.07. The molecule has 0 bridgehead atoms. The van der Waals surface area contributed by atoms with Gasteiger partial charge in [-0.3, -0.25) is 9.78 Å². The first-order chi connectivity index (χ1) is 14.0. The predicted molar refractivity (Wildman–Crippen MR) is 111 cm³/mol. The summed E-state index contributed by atoms with van der Waals surface area (Å²) in [5.41, 5.74) is 1.92. The van der Waals surface area contributed by atoms with Gasteiger partial charge in [0.15, 0.2) is 0 Å². The molecule has 0 unspecified atom stereocenters. The highest BCUT2D eigenvalue weighted by Crippen LogP contribution is 2.50. The van der Waals surface area contributed by atoms with Gasteiger partial charge in [0.2, 0.25) is 5.91 Å². The van der Waals surface area contributed by atoms with Crippen molar-refractivity contribution in [2.24, 2.45) is 11.3 Å². The minimum atomic E-state index is -0.321. The summed E-state index contributed by atoms with van der Waals surface area (Å²) in [4.78, 5) is 27.2. The average molecular weight is 394 g/mol. The van der Waals surface area contributed by atoms with Crippen molar-refractivity contribution in [3.05, 3.63) is 48.3 Å². The molecule has 2 aromatic rings. The molecule has 1 aliphatic carbocycles. The standard InChI is InChI=1S/C23H31N5O/c1-17(2)28-14-21(25-16-28)20-13-26(11-18-3-4-18)15-23(20)7-10-27(22(23)29)12-19-5-8-24-9-6-19/h5-6,8-9,14,16-18,20H,3-4,7,10-13,15H2,1-2H3/t20-,23-/m0/s1. The van der Waals surface area contributed by atoms with Crippen molar-refractivity contribution < 1.29 is 4.79 Å². The van der Waals surface area contributed by atoms with Gasteiger partial charge >= 0.3 is 0 Å². The van der Waals surface area contributed by atoms with E-state index in [1.54, 1.807) is 12.4 Å². The summed E-state index contributed by atoms with van der Waals surface area (Å²) in [6.07, 6.45) is 11.3. The Kier molecular flexibility index (Phi) is 4.69. The zero-order valence-electron chi connectivity index (χ0n) is 17.5. The maximum atomic E-state index is 13.8. The molecule has 4 heterocycles. The summed E-state index contributed by atoms with van der Waals surface area (Å²) in [5.74, 6) is 1.34. The van der Waals surface area contributed by atoms with Gasteiger partial charge in [-0.25, -0.2) is 4.98 Å². The van der Waals surface area contributed by atoms with Crippen LogP contribution in [0.4, 0.5) is 0 Å². The quantitative estimate of drug-likeness (QED) is 0.757. The molecule has 2 aliphatic heterocycles. The lowest BCUT2D eigenvalue weighted by atomic mass is 9.75. The Morgan fingerprint density at radius 3 is 2.72 bits per heavy atom. The van der Waals surface area contributed by atoms with Crippen molar-refractivity contribution in [1.82, 2.24) is 24.3 Å². The Labute approximate surface area is 172 Å². The first-order valence-electron chi connectivity index (χ1n) is 11.0. The van der Waals surface area contributed by atoms with Crippen LogP contribution in [-0.2, 0) is 11.3 Å². The third-order valence-electron chi connectivity index (χ3n) is 7.07. The highest BCUT2D eigenvalue weighted by Gasteiger charge is 2.58. The van der Waals surface area contributed by atoms with Crippen molar-refractivity contribution in [1.29, 1.82) is 0 Å². The molecule has 0 N–H and O–H groups in total. The van der Waals surface area contributed by atoms with Gasteiger partial charge in [0, 0.05) is 63.3 Å². The van der Waals surface area contributed by atoms with Crippen LogP contribution >= 0.6 is 0 Å². The van der Waals surface area contributed by atoms with Gasteiger partial charge in [-0.05, 0) is 56.7 Å². The minimum absolute atomic E-state index is 0.191. The molecule has 6 nitrogen and oxygen atoms in total. The van der Waals surface area contributed by atoms with Gasteiger partial charge in [-0.1, -0.05) is 0 Å². The largest absolute Gasteiger partial charge is 0.338 e. The van der Waals surface area contributed by atoms with Gasteiger partial charge < -0.3 is 14.4 Å². The molecule has 6 heteroatoms. The second-order valence-electron chi connectivity index (χ2n) is 9.52. The van der Waals surface area contributed by atoms with E-state index in [1.807, 2.05) is 18.5 Å². The minimum Gasteiger partial charge on any atom is -0.338 e. The number of pyridine rings is 1. The van der Waals surface area contributed by atoms with Crippen LogP contribution < -0.4 is 0 Å². The maximum absolute atomic E-state index is 13.8. The van der Waals surface area contributed by atoms with Crippen LogP contribution in [0.15, 0.2) is 37.1 Å². The normalized spacial score (nSPS) is 27.6. The summed E-state index contributed by atoms with van der Waals surface area (Å²) in [6, 6.07) is 4.40. The molecule has 3 aliphatic rings. The number of carbonyl (C=O) groups is 1. The smallest absolute Gasteiger partial charge is 0.231 e. The Bertz CT molecular complexity index is 874. The number of likely N-dealkylation sites (tertiary alicyclic amines) is 2. The molecule has 2 aromatic heterocycles. The number of hydrogen-bond donors (Lipinski definition) is 0. The lowest BCUT2D eigenvalue weighted by Gasteiger charge is -2.28.